The number of pyridine rings is 1. The highest BCUT2D eigenvalue weighted by Gasteiger charge is 2.33. The zero-order valence-corrected chi connectivity index (χ0v) is 17.6. The molecule has 1 aliphatic rings. The number of amides is 1. The molecule has 3 aromatic rings. The van der Waals surface area contributed by atoms with E-state index in [2.05, 4.69) is 29.5 Å². The van der Waals surface area contributed by atoms with Gasteiger partial charge in [0.2, 0.25) is 0 Å². The van der Waals surface area contributed by atoms with Crippen molar-refractivity contribution < 1.29 is 14.3 Å². The molecular formula is C25H23N3O3. The molecule has 31 heavy (non-hydrogen) atoms. The first-order valence-corrected chi connectivity index (χ1v) is 9.92. The smallest absolute Gasteiger partial charge is 0.255 e. The maximum atomic E-state index is 13.0. The number of rotatable bonds is 5. The highest BCUT2D eigenvalue weighted by atomic mass is 16.5. The van der Waals surface area contributed by atoms with Crippen molar-refractivity contribution in [3.05, 3.63) is 95.3 Å². The number of nitrogens with one attached hydrogen (secondary N) is 2. The van der Waals surface area contributed by atoms with E-state index < -0.39 is 0 Å². The molecule has 156 valence electrons. The highest BCUT2D eigenvalue weighted by molar-refractivity contribution is 6.10. The van der Waals surface area contributed by atoms with Crippen LogP contribution in [0.15, 0.2) is 73.1 Å². The monoisotopic (exact) mass is 413 g/mol. The minimum absolute atomic E-state index is 0.158. The molecule has 0 unspecified atom stereocenters. The van der Waals surface area contributed by atoms with E-state index in [0.717, 1.165) is 22.6 Å². The molecule has 0 radical (unpaired) electrons. The number of fused-ring (bicyclic) bond motifs is 1. The number of anilines is 1. The van der Waals surface area contributed by atoms with Crippen LogP contribution >= 0.6 is 0 Å². The van der Waals surface area contributed by atoms with E-state index in [4.69, 9.17) is 4.74 Å². The quantitative estimate of drug-likeness (QED) is 0.479. The van der Waals surface area contributed by atoms with Crippen molar-refractivity contribution in [2.75, 3.05) is 12.4 Å². The first-order chi connectivity index (χ1) is 14.9. The largest absolute Gasteiger partial charge is 0.497 e. The first kappa shape index (κ1) is 20.3. The predicted molar refractivity (Wildman–Crippen MR) is 120 cm³/mol. The van der Waals surface area contributed by atoms with Crippen molar-refractivity contribution in [2.24, 2.45) is 0 Å². The van der Waals surface area contributed by atoms with E-state index in [1.54, 1.807) is 62.0 Å². The molecule has 6 nitrogen and oxygen atoms in total. The van der Waals surface area contributed by atoms with Gasteiger partial charge in [-0.05, 0) is 55.8 Å². The summed E-state index contributed by atoms with van der Waals surface area (Å²) in [6, 6.07) is 16.0. The highest BCUT2D eigenvalue weighted by Crippen LogP contribution is 2.38. The third-order valence-corrected chi connectivity index (χ3v) is 5.26. The van der Waals surface area contributed by atoms with Gasteiger partial charge in [-0.1, -0.05) is 18.2 Å². The van der Waals surface area contributed by atoms with Crippen LogP contribution < -0.4 is 15.4 Å². The minimum atomic E-state index is -0.298. The Kier molecular flexibility index (Phi) is 5.29. The fourth-order valence-electron chi connectivity index (χ4n) is 3.67. The molecule has 0 saturated carbocycles. The van der Waals surface area contributed by atoms with Crippen molar-refractivity contribution >= 4 is 23.1 Å². The van der Waals surface area contributed by atoms with Crippen LogP contribution in [-0.2, 0) is 5.54 Å². The number of ether oxygens (including phenoxy) is 1. The fourth-order valence-corrected chi connectivity index (χ4v) is 3.67. The molecule has 0 fully saturated rings. The third-order valence-electron chi connectivity index (χ3n) is 5.26. The lowest BCUT2D eigenvalue weighted by molar-refractivity contribution is 0.102. The molecule has 0 aliphatic carbocycles. The summed E-state index contributed by atoms with van der Waals surface area (Å²) < 4.78 is 5.35. The standard InChI is InChI=1S/C25H23N3O3/c1-25(2)21-8-7-19(31-3)14-20(21)22(28-25)15-23(29)17-5-4-6-18(13-17)27-24(30)16-9-11-26-12-10-16/h4-15,28H,1-3H3,(H,27,30)/b22-15-. The summed E-state index contributed by atoms with van der Waals surface area (Å²) >= 11 is 0. The summed E-state index contributed by atoms with van der Waals surface area (Å²) in [6.45, 7) is 4.14. The zero-order valence-electron chi connectivity index (χ0n) is 17.6. The van der Waals surface area contributed by atoms with Gasteiger partial charge in [-0.15, -0.1) is 0 Å². The number of carbonyl (C=O) groups excluding carboxylic acids is 2. The minimum Gasteiger partial charge on any atom is -0.497 e. The zero-order chi connectivity index (χ0) is 22.0. The molecule has 0 bridgehead atoms. The number of benzene rings is 2. The number of carbonyl (C=O) groups is 2. The number of hydrogen-bond acceptors (Lipinski definition) is 5. The van der Waals surface area contributed by atoms with Crippen molar-refractivity contribution in [3.8, 4) is 5.75 Å². The van der Waals surface area contributed by atoms with Crippen molar-refractivity contribution in [1.29, 1.82) is 0 Å². The Balaban J connectivity index is 1.59. The van der Waals surface area contributed by atoms with Crippen molar-refractivity contribution in [2.45, 2.75) is 19.4 Å². The molecule has 4 rings (SSSR count). The van der Waals surface area contributed by atoms with Crippen LogP contribution in [0, 0.1) is 0 Å². The van der Waals surface area contributed by atoms with Gasteiger partial charge in [0.25, 0.3) is 5.91 Å². The Morgan fingerprint density at radius 1 is 1.03 bits per heavy atom. The molecular weight excluding hydrogens is 390 g/mol. The Labute approximate surface area is 181 Å². The van der Waals surface area contributed by atoms with Gasteiger partial charge in [-0.3, -0.25) is 14.6 Å². The second-order valence-electron chi connectivity index (χ2n) is 7.85. The summed E-state index contributed by atoms with van der Waals surface area (Å²) in [7, 11) is 1.62. The second-order valence-corrected chi connectivity index (χ2v) is 7.85. The SMILES string of the molecule is COc1ccc2c(c1)/C(=C/C(=O)c1cccc(NC(=O)c3ccncc3)c1)NC2(C)C. The topological polar surface area (TPSA) is 80.3 Å². The van der Waals surface area contributed by atoms with Gasteiger partial charge in [-0.2, -0.15) is 0 Å². The number of methoxy groups -OCH3 is 1. The summed E-state index contributed by atoms with van der Waals surface area (Å²) in [5, 5.41) is 6.24. The Hall–Kier alpha value is -3.93. The first-order valence-electron chi connectivity index (χ1n) is 9.92. The van der Waals surface area contributed by atoms with E-state index >= 15 is 0 Å². The number of allylic oxidation sites excluding steroid dienone is 1. The maximum absolute atomic E-state index is 13.0. The van der Waals surface area contributed by atoms with Crippen molar-refractivity contribution in [3.63, 3.8) is 0 Å². The summed E-state index contributed by atoms with van der Waals surface area (Å²) in [4.78, 5) is 29.3. The van der Waals surface area contributed by atoms with Gasteiger partial charge in [0.1, 0.15) is 5.75 Å². The Morgan fingerprint density at radius 2 is 1.81 bits per heavy atom. The Bertz CT molecular complexity index is 1180. The molecule has 0 saturated heterocycles. The van der Waals surface area contributed by atoms with Gasteiger partial charge in [-0.25, -0.2) is 0 Å². The van der Waals surface area contributed by atoms with Crippen LogP contribution in [0.1, 0.15) is 45.7 Å². The predicted octanol–water partition coefficient (Wildman–Crippen LogP) is 4.40. The molecule has 0 atom stereocenters. The molecule has 2 heterocycles. The summed E-state index contributed by atoms with van der Waals surface area (Å²) in [5.74, 6) is 0.317. The van der Waals surface area contributed by atoms with Crippen LogP contribution in [0.4, 0.5) is 5.69 Å². The molecule has 1 aliphatic heterocycles. The average molecular weight is 413 g/mol. The lowest BCUT2D eigenvalue weighted by atomic mass is 9.94. The number of nitrogens with zero attached hydrogens (tertiary/aromatic N) is 1. The van der Waals surface area contributed by atoms with Gasteiger partial charge in [0, 0.05) is 46.5 Å². The van der Waals surface area contributed by atoms with E-state index in [1.807, 2.05) is 18.2 Å². The number of ketones is 1. The summed E-state index contributed by atoms with van der Waals surface area (Å²) in [5.41, 5.74) is 4.02. The van der Waals surface area contributed by atoms with Gasteiger partial charge < -0.3 is 15.4 Å². The lowest BCUT2D eigenvalue weighted by Gasteiger charge is -2.20. The van der Waals surface area contributed by atoms with Crippen LogP contribution in [0.5, 0.6) is 5.75 Å². The lowest BCUT2D eigenvalue weighted by Crippen LogP contribution is -2.28. The molecule has 0 spiro atoms. The third kappa shape index (κ3) is 4.19. The molecule has 2 aromatic carbocycles. The van der Waals surface area contributed by atoms with E-state index in [0.29, 0.717) is 16.8 Å². The molecule has 6 heteroatoms. The van der Waals surface area contributed by atoms with Crippen LogP contribution in [0.3, 0.4) is 0 Å². The van der Waals surface area contributed by atoms with Crippen LogP contribution in [0.25, 0.3) is 5.70 Å². The van der Waals surface area contributed by atoms with E-state index in [1.165, 1.54) is 0 Å². The summed E-state index contributed by atoms with van der Waals surface area (Å²) in [6.07, 6.45) is 4.71. The second kappa shape index (κ2) is 8.07. The van der Waals surface area contributed by atoms with Gasteiger partial charge in [0.05, 0.1) is 12.6 Å². The fraction of sp³-hybridized carbons (Fsp3) is 0.160. The normalized spacial score (nSPS) is 15.1. The maximum Gasteiger partial charge on any atom is 0.255 e. The Morgan fingerprint density at radius 3 is 2.55 bits per heavy atom. The number of hydrogen-bond donors (Lipinski definition) is 2. The van der Waals surface area contributed by atoms with Gasteiger partial charge in [0.15, 0.2) is 5.78 Å². The molecule has 2 N–H and O–H groups in total. The van der Waals surface area contributed by atoms with Gasteiger partial charge >= 0.3 is 0 Å². The number of aromatic nitrogens is 1. The molecule has 1 amide bonds. The van der Waals surface area contributed by atoms with E-state index in [9.17, 15) is 9.59 Å². The molecule has 1 aromatic heterocycles. The average Bonchev–Trinajstić information content (AvgIpc) is 3.03. The van der Waals surface area contributed by atoms with Crippen LogP contribution in [0.2, 0.25) is 0 Å². The van der Waals surface area contributed by atoms with E-state index in [-0.39, 0.29) is 17.2 Å². The van der Waals surface area contributed by atoms with Crippen LogP contribution in [-0.4, -0.2) is 23.8 Å². The van der Waals surface area contributed by atoms with Crippen molar-refractivity contribution in [1.82, 2.24) is 10.3 Å².